The largest absolute Gasteiger partial charge is 0.491 e. The highest BCUT2D eigenvalue weighted by atomic mass is 35.5. The average molecular weight is 376 g/mol. The van der Waals surface area contributed by atoms with Crippen molar-refractivity contribution in [3.05, 3.63) is 24.0 Å². The smallest absolute Gasteiger partial charge is 0.273 e. The fourth-order valence-electron chi connectivity index (χ4n) is 4.08. The third-order valence-electron chi connectivity index (χ3n) is 4.96. The molecule has 3 N–H and O–H groups in total. The number of nitrogens with zero attached hydrogens (tertiary/aromatic N) is 1. The summed E-state index contributed by atoms with van der Waals surface area (Å²) < 4.78 is 5.52. The molecule has 0 aromatic carbocycles. The molecular weight excluding hydrogens is 349 g/mol. The first-order valence-corrected chi connectivity index (χ1v) is 8.33. The molecule has 0 spiro atoms. The van der Waals surface area contributed by atoms with E-state index in [-0.39, 0.29) is 42.8 Å². The van der Waals surface area contributed by atoms with Gasteiger partial charge < -0.3 is 15.8 Å². The second-order valence-electron chi connectivity index (χ2n) is 6.46. The van der Waals surface area contributed by atoms with Crippen LogP contribution in [0.2, 0.25) is 0 Å². The maximum Gasteiger partial charge on any atom is 0.273 e. The highest BCUT2D eigenvalue weighted by molar-refractivity contribution is 5.95. The van der Waals surface area contributed by atoms with Crippen LogP contribution in [0.25, 0.3) is 0 Å². The van der Waals surface area contributed by atoms with Gasteiger partial charge in [0.25, 0.3) is 5.91 Å². The van der Waals surface area contributed by atoms with Crippen molar-refractivity contribution in [3.63, 3.8) is 0 Å². The summed E-state index contributed by atoms with van der Waals surface area (Å²) in [4.78, 5) is 16.8. The lowest BCUT2D eigenvalue weighted by molar-refractivity contribution is 0.0748. The van der Waals surface area contributed by atoms with Crippen molar-refractivity contribution < 1.29 is 9.53 Å². The van der Waals surface area contributed by atoms with Gasteiger partial charge in [-0.05, 0) is 56.6 Å². The number of carbonyl (C=O) groups excluding carboxylic acids is 1. The third-order valence-corrected chi connectivity index (χ3v) is 4.96. The minimum Gasteiger partial charge on any atom is -0.491 e. The van der Waals surface area contributed by atoms with Crippen LogP contribution in [0, 0.1) is 11.8 Å². The van der Waals surface area contributed by atoms with E-state index in [9.17, 15) is 4.79 Å². The van der Waals surface area contributed by atoms with Crippen molar-refractivity contribution in [2.24, 2.45) is 17.6 Å². The van der Waals surface area contributed by atoms with Gasteiger partial charge in [0.15, 0.2) is 11.4 Å². The van der Waals surface area contributed by atoms with Crippen LogP contribution in [-0.2, 0) is 0 Å². The molecule has 1 aromatic heterocycles. The van der Waals surface area contributed by atoms with Crippen LogP contribution in [0.1, 0.15) is 49.5 Å². The van der Waals surface area contributed by atoms with Gasteiger partial charge in [0.05, 0.1) is 6.61 Å². The summed E-state index contributed by atoms with van der Waals surface area (Å²) in [5.74, 6) is 1.44. The van der Waals surface area contributed by atoms with Crippen LogP contribution >= 0.6 is 24.8 Å². The Labute approximate surface area is 155 Å². The zero-order valence-electron chi connectivity index (χ0n) is 13.9. The number of carbonyl (C=O) groups is 1. The number of halogens is 2. The predicted octanol–water partition coefficient (Wildman–Crippen LogP) is 2.96. The molecular formula is C17H27Cl2N3O2. The Morgan fingerprint density at radius 3 is 2.62 bits per heavy atom. The van der Waals surface area contributed by atoms with Gasteiger partial charge >= 0.3 is 0 Å². The van der Waals surface area contributed by atoms with Crippen molar-refractivity contribution in [2.45, 2.75) is 51.1 Å². The van der Waals surface area contributed by atoms with Gasteiger partial charge in [-0.3, -0.25) is 4.79 Å². The second-order valence-corrected chi connectivity index (χ2v) is 6.46. The Bertz CT molecular complexity index is 530. The van der Waals surface area contributed by atoms with E-state index in [1.165, 1.54) is 6.42 Å². The van der Waals surface area contributed by atoms with E-state index in [1.54, 1.807) is 18.3 Å². The normalized spacial score (nSPS) is 28.1. The Balaban J connectivity index is 0.00000144. The van der Waals surface area contributed by atoms with Gasteiger partial charge in [-0.25, -0.2) is 4.98 Å². The number of ether oxygens (including phenoxy) is 1. The first kappa shape index (κ1) is 21.0. The number of fused-ring (bicyclic) bond motifs is 2. The molecule has 1 aromatic rings. The van der Waals surface area contributed by atoms with Crippen LogP contribution in [-0.4, -0.2) is 29.6 Å². The number of nitrogens with two attached hydrogens (primary N) is 1. The fourth-order valence-corrected chi connectivity index (χ4v) is 4.08. The molecule has 0 aliphatic heterocycles. The lowest BCUT2D eigenvalue weighted by Crippen LogP contribution is -2.53. The van der Waals surface area contributed by atoms with Crippen molar-refractivity contribution in [1.82, 2.24) is 10.3 Å². The quantitative estimate of drug-likeness (QED) is 0.847. The summed E-state index contributed by atoms with van der Waals surface area (Å²) in [6.07, 6.45) is 7.24. The molecule has 7 heteroatoms. The molecule has 2 aliphatic carbocycles. The number of hydrogen-bond donors (Lipinski definition) is 2. The van der Waals surface area contributed by atoms with E-state index in [4.69, 9.17) is 10.5 Å². The van der Waals surface area contributed by atoms with E-state index in [0.29, 0.717) is 29.9 Å². The van der Waals surface area contributed by atoms with E-state index >= 15 is 0 Å². The average Bonchev–Trinajstić information content (AvgIpc) is 2.49. The van der Waals surface area contributed by atoms with Gasteiger partial charge in [0.1, 0.15) is 0 Å². The lowest BCUT2D eigenvalue weighted by Gasteiger charge is -2.45. The molecule has 136 valence electrons. The van der Waals surface area contributed by atoms with Crippen molar-refractivity contribution in [2.75, 3.05) is 6.61 Å². The molecule has 0 saturated heterocycles. The summed E-state index contributed by atoms with van der Waals surface area (Å²) in [5.41, 5.74) is 6.53. The molecule has 3 rings (SSSR count). The first-order valence-electron chi connectivity index (χ1n) is 8.33. The second kappa shape index (κ2) is 9.44. The van der Waals surface area contributed by atoms with Gasteiger partial charge in [-0.1, -0.05) is 6.42 Å². The lowest BCUT2D eigenvalue weighted by atomic mass is 9.67. The van der Waals surface area contributed by atoms with Gasteiger partial charge in [-0.2, -0.15) is 0 Å². The van der Waals surface area contributed by atoms with Gasteiger partial charge in [0, 0.05) is 18.3 Å². The first-order chi connectivity index (χ1) is 10.7. The highest BCUT2D eigenvalue weighted by Gasteiger charge is 2.40. The minimum atomic E-state index is -0.124. The van der Waals surface area contributed by atoms with E-state index < -0.39 is 0 Å². The highest BCUT2D eigenvalue weighted by Crippen LogP contribution is 2.39. The molecule has 2 fully saturated rings. The summed E-state index contributed by atoms with van der Waals surface area (Å²) >= 11 is 0. The number of aromatic nitrogens is 1. The summed E-state index contributed by atoms with van der Waals surface area (Å²) in [6, 6.07) is 4.11. The van der Waals surface area contributed by atoms with Crippen LogP contribution in [0.3, 0.4) is 0 Å². The number of pyridine rings is 1. The number of nitrogens with one attached hydrogen (secondary N) is 1. The van der Waals surface area contributed by atoms with Crippen LogP contribution in [0.5, 0.6) is 5.75 Å². The molecule has 2 bridgehead atoms. The topological polar surface area (TPSA) is 77.2 Å². The molecule has 24 heavy (non-hydrogen) atoms. The summed E-state index contributed by atoms with van der Waals surface area (Å²) in [5, 5.41) is 3.22. The molecule has 1 heterocycles. The SMILES string of the molecule is CCOc1cccnc1C(=O)NC1C2CCCC1CC(N)C2.Cl.Cl. The molecule has 1 amide bonds. The summed E-state index contributed by atoms with van der Waals surface area (Å²) in [6.45, 7) is 2.43. The predicted molar refractivity (Wildman–Crippen MR) is 99.2 cm³/mol. The zero-order chi connectivity index (χ0) is 15.5. The van der Waals surface area contributed by atoms with Crippen LogP contribution in [0.15, 0.2) is 18.3 Å². The zero-order valence-corrected chi connectivity index (χ0v) is 15.6. The number of hydrogen-bond acceptors (Lipinski definition) is 4. The molecule has 5 nitrogen and oxygen atoms in total. The summed E-state index contributed by atoms with van der Waals surface area (Å²) in [7, 11) is 0. The van der Waals surface area contributed by atoms with Crippen molar-refractivity contribution >= 4 is 30.7 Å². The fraction of sp³-hybridized carbons (Fsp3) is 0.647. The van der Waals surface area contributed by atoms with Gasteiger partial charge in [-0.15, -0.1) is 24.8 Å². The molecule has 2 aliphatic rings. The minimum absolute atomic E-state index is 0. The molecule has 2 atom stereocenters. The van der Waals surface area contributed by atoms with Crippen LogP contribution < -0.4 is 15.8 Å². The Morgan fingerprint density at radius 1 is 1.33 bits per heavy atom. The molecule has 0 radical (unpaired) electrons. The Kier molecular flexibility index (Phi) is 8.27. The third kappa shape index (κ3) is 4.52. The number of amides is 1. The van der Waals surface area contributed by atoms with Crippen molar-refractivity contribution in [1.29, 1.82) is 0 Å². The van der Waals surface area contributed by atoms with Crippen LogP contribution in [0.4, 0.5) is 0 Å². The maximum atomic E-state index is 12.6. The molecule has 2 unspecified atom stereocenters. The number of rotatable bonds is 4. The molecule has 2 saturated carbocycles. The van der Waals surface area contributed by atoms with Gasteiger partial charge in [0.2, 0.25) is 0 Å². The Morgan fingerprint density at radius 2 is 2.00 bits per heavy atom. The monoisotopic (exact) mass is 375 g/mol. The van der Waals surface area contributed by atoms with Crippen molar-refractivity contribution in [3.8, 4) is 5.75 Å². The van der Waals surface area contributed by atoms with E-state index in [0.717, 1.165) is 25.7 Å². The van der Waals surface area contributed by atoms with E-state index in [1.807, 2.05) is 6.92 Å². The maximum absolute atomic E-state index is 12.6. The standard InChI is InChI=1S/C17H25N3O2.2ClH/c1-2-22-14-7-4-8-19-16(14)17(21)20-15-11-5-3-6-12(15)10-13(18)9-11;;/h4,7-8,11-13,15H,2-3,5-6,9-10,18H2,1H3,(H,20,21);2*1H. The van der Waals surface area contributed by atoms with E-state index in [2.05, 4.69) is 10.3 Å². The Hall–Kier alpha value is -1.04.